The van der Waals surface area contributed by atoms with E-state index in [4.69, 9.17) is 9.47 Å². The lowest BCUT2D eigenvalue weighted by Crippen LogP contribution is -2.52. The first-order chi connectivity index (χ1) is 14.7. The van der Waals surface area contributed by atoms with Crippen LogP contribution in [0.4, 0.5) is 0 Å². The second kappa shape index (κ2) is 8.22. The van der Waals surface area contributed by atoms with Crippen LogP contribution >= 0.6 is 0 Å². The summed E-state index contributed by atoms with van der Waals surface area (Å²) in [5.74, 6) is -0.102. The lowest BCUT2D eigenvalue weighted by Gasteiger charge is -2.37. The molecule has 0 bridgehead atoms. The molecule has 4 atom stereocenters. The number of carbonyl (C=O) groups excluding carboxylic acids is 1. The van der Waals surface area contributed by atoms with Gasteiger partial charge in [0.1, 0.15) is 0 Å². The molecule has 3 heterocycles. The Balaban J connectivity index is 1.23. The first-order valence-electron chi connectivity index (χ1n) is 10.6. The Morgan fingerprint density at radius 3 is 2.77 bits per heavy atom. The maximum atomic E-state index is 12.4. The van der Waals surface area contributed by atoms with Gasteiger partial charge in [0.2, 0.25) is 0 Å². The second-order valence-electron chi connectivity index (χ2n) is 8.11. The molecule has 1 saturated heterocycles. The first-order valence-corrected chi connectivity index (χ1v) is 10.6. The molecular weight excluding hydrogens is 378 g/mol. The summed E-state index contributed by atoms with van der Waals surface area (Å²) < 4.78 is 12.1. The predicted molar refractivity (Wildman–Crippen MR) is 115 cm³/mol. The minimum Gasteiger partial charge on any atom is -0.357 e. The van der Waals surface area contributed by atoms with Gasteiger partial charge in [-0.3, -0.25) is 4.79 Å². The highest BCUT2D eigenvalue weighted by molar-refractivity contribution is 5.94. The molecule has 2 aliphatic rings. The van der Waals surface area contributed by atoms with Gasteiger partial charge >= 0.3 is 0 Å². The highest BCUT2D eigenvalue weighted by Crippen LogP contribution is 2.33. The van der Waals surface area contributed by atoms with Crippen molar-refractivity contribution in [2.45, 2.75) is 44.2 Å². The van der Waals surface area contributed by atoms with E-state index in [0.29, 0.717) is 12.2 Å². The topological polar surface area (TPSA) is 75.4 Å². The van der Waals surface area contributed by atoms with Gasteiger partial charge in [0.25, 0.3) is 5.91 Å². The molecule has 156 valence electrons. The number of ether oxygens (including phenoxy) is 2. The fraction of sp³-hybridized carbons (Fsp3) is 0.375. The predicted octanol–water partition coefficient (Wildman–Crippen LogP) is 3.30. The van der Waals surface area contributed by atoms with Crippen molar-refractivity contribution in [3.63, 3.8) is 0 Å². The molecule has 30 heavy (non-hydrogen) atoms. The Morgan fingerprint density at radius 1 is 1.13 bits per heavy atom. The highest BCUT2D eigenvalue weighted by Gasteiger charge is 2.33. The molecule has 0 unspecified atom stereocenters. The molecule has 0 spiro atoms. The first kappa shape index (κ1) is 19.3. The van der Waals surface area contributed by atoms with E-state index in [1.54, 1.807) is 12.1 Å². The molecule has 1 aromatic heterocycles. The van der Waals surface area contributed by atoms with Gasteiger partial charge in [0, 0.05) is 28.6 Å². The molecule has 2 aliphatic heterocycles. The number of aromatic amines is 1. The monoisotopic (exact) mass is 405 g/mol. The van der Waals surface area contributed by atoms with Crippen LogP contribution in [0.1, 0.15) is 41.0 Å². The molecule has 1 amide bonds. The van der Waals surface area contributed by atoms with Crippen LogP contribution in [0.2, 0.25) is 0 Å². The van der Waals surface area contributed by atoms with Gasteiger partial charge in [-0.05, 0) is 43.7 Å². The minimum absolute atomic E-state index is 0.102. The van der Waals surface area contributed by atoms with Crippen molar-refractivity contribution in [1.82, 2.24) is 15.6 Å². The molecule has 3 aromatic rings. The quantitative estimate of drug-likeness (QED) is 0.623. The number of carbonyl (C=O) groups is 1. The lowest BCUT2D eigenvalue weighted by atomic mass is 9.97. The maximum absolute atomic E-state index is 12.4. The van der Waals surface area contributed by atoms with Gasteiger partial charge in [-0.2, -0.15) is 0 Å². The largest absolute Gasteiger partial charge is 0.357 e. The Morgan fingerprint density at radius 2 is 1.93 bits per heavy atom. The van der Waals surface area contributed by atoms with Gasteiger partial charge in [-0.15, -0.1) is 0 Å². The van der Waals surface area contributed by atoms with E-state index in [0.717, 1.165) is 19.4 Å². The van der Waals surface area contributed by atoms with Gasteiger partial charge < -0.3 is 25.1 Å². The van der Waals surface area contributed by atoms with Crippen molar-refractivity contribution < 1.29 is 14.3 Å². The molecule has 0 radical (unpaired) electrons. The molecule has 0 aliphatic carbocycles. The van der Waals surface area contributed by atoms with Crippen LogP contribution in [0.15, 0.2) is 54.6 Å². The van der Waals surface area contributed by atoms with Crippen LogP contribution in [0.25, 0.3) is 10.9 Å². The fourth-order valence-electron chi connectivity index (χ4n) is 4.50. The van der Waals surface area contributed by atoms with E-state index >= 15 is 0 Å². The van der Waals surface area contributed by atoms with Crippen LogP contribution in [0.5, 0.6) is 0 Å². The molecule has 0 saturated carbocycles. The fourth-order valence-corrected chi connectivity index (χ4v) is 4.50. The number of hydrogen-bond acceptors (Lipinski definition) is 4. The van der Waals surface area contributed by atoms with Crippen LogP contribution in [-0.2, 0) is 15.9 Å². The van der Waals surface area contributed by atoms with Crippen molar-refractivity contribution in [3.05, 3.63) is 71.4 Å². The zero-order chi connectivity index (χ0) is 20.5. The summed E-state index contributed by atoms with van der Waals surface area (Å²) >= 11 is 0. The van der Waals surface area contributed by atoms with Gasteiger partial charge in [-0.25, -0.2) is 0 Å². The van der Waals surface area contributed by atoms with E-state index in [1.807, 2.05) is 25.1 Å². The summed E-state index contributed by atoms with van der Waals surface area (Å²) in [5, 5.41) is 7.94. The third-order valence-corrected chi connectivity index (χ3v) is 6.14. The van der Waals surface area contributed by atoms with Crippen LogP contribution in [-0.4, -0.2) is 42.5 Å². The zero-order valence-corrected chi connectivity index (χ0v) is 17.1. The molecule has 5 rings (SSSR count). The van der Waals surface area contributed by atoms with E-state index in [1.165, 1.54) is 22.2 Å². The second-order valence-corrected chi connectivity index (χ2v) is 8.11. The number of rotatable bonds is 4. The van der Waals surface area contributed by atoms with Crippen molar-refractivity contribution in [2.24, 2.45) is 0 Å². The highest BCUT2D eigenvalue weighted by atomic mass is 16.7. The summed E-state index contributed by atoms with van der Waals surface area (Å²) in [6.45, 7) is 3.38. The zero-order valence-electron chi connectivity index (χ0n) is 17.1. The van der Waals surface area contributed by atoms with Crippen LogP contribution in [0.3, 0.4) is 0 Å². The van der Waals surface area contributed by atoms with E-state index < -0.39 is 0 Å². The number of amides is 1. The number of benzene rings is 2. The normalized spacial score (nSPS) is 26.3. The Labute approximate surface area is 176 Å². The average Bonchev–Trinajstić information content (AvgIpc) is 3.16. The number of nitrogens with one attached hydrogen (secondary N) is 3. The summed E-state index contributed by atoms with van der Waals surface area (Å²) in [6.07, 6.45) is 1.32. The SMILES string of the molecule is C[C@H]1O[C@@H](C[C@H]2NCCc3c2[nH]c2ccccc32)OC[C@H]1NC(=O)c1ccccc1. The summed E-state index contributed by atoms with van der Waals surface area (Å²) in [5.41, 5.74) is 4.45. The number of aromatic nitrogens is 1. The standard InChI is InChI=1S/C24H27N3O3/c1-15-21(27-24(28)16-7-3-2-4-8-16)14-29-22(30-15)13-20-23-18(11-12-25-20)17-9-5-6-10-19(17)26-23/h2-10,15,20-22,25-26H,11-14H2,1H3,(H,27,28)/t15-,20-,21-,22+/m1/s1. The minimum atomic E-state index is -0.306. The summed E-state index contributed by atoms with van der Waals surface area (Å²) in [7, 11) is 0. The Bertz CT molecular complexity index is 1030. The smallest absolute Gasteiger partial charge is 0.251 e. The van der Waals surface area contributed by atoms with Crippen molar-refractivity contribution >= 4 is 16.8 Å². The molecule has 6 heteroatoms. The Kier molecular flexibility index (Phi) is 5.29. The van der Waals surface area contributed by atoms with Gasteiger partial charge in [0.15, 0.2) is 6.29 Å². The van der Waals surface area contributed by atoms with Gasteiger partial charge in [0.05, 0.1) is 24.8 Å². The van der Waals surface area contributed by atoms with Crippen LogP contribution in [0, 0.1) is 0 Å². The molecule has 2 aromatic carbocycles. The van der Waals surface area contributed by atoms with E-state index in [9.17, 15) is 4.79 Å². The summed E-state index contributed by atoms with van der Waals surface area (Å²) in [4.78, 5) is 16.0. The van der Waals surface area contributed by atoms with Crippen molar-refractivity contribution in [1.29, 1.82) is 0 Å². The van der Waals surface area contributed by atoms with Crippen LogP contribution < -0.4 is 10.6 Å². The average molecular weight is 405 g/mol. The van der Waals surface area contributed by atoms with E-state index in [2.05, 4.69) is 39.9 Å². The van der Waals surface area contributed by atoms with Crippen molar-refractivity contribution in [3.8, 4) is 0 Å². The van der Waals surface area contributed by atoms with Crippen molar-refractivity contribution in [2.75, 3.05) is 13.2 Å². The third kappa shape index (κ3) is 3.74. The number of para-hydroxylation sites is 1. The molecule has 3 N–H and O–H groups in total. The van der Waals surface area contributed by atoms with Gasteiger partial charge in [-0.1, -0.05) is 36.4 Å². The maximum Gasteiger partial charge on any atom is 0.251 e. The Hall–Kier alpha value is -2.67. The third-order valence-electron chi connectivity index (χ3n) is 6.14. The van der Waals surface area contributed by atoms with E-state index in [-0.39, 0.29) is 30.4 Å². The number of H-pyrrole nitrogens is 1. The summed E-state index contributed by atoms with van der Waals surface area (Å²) in [6, 6.07) is 17.7. The molecular formula is C24H27N3O3. The molecule has 1 fully saturated rings. The number of fused-ring (bicyclic) bond motifs is 3. The lowest BCUT2D eigenvalue weighted by molar-refractivity contribution is -0.223. The molecule has 6 nitrogen and oxygen atoms in total. The number of hydrogen-bond donors (Lipinski definition) is 3.